The summed E-state index contributed by atoms with van der Waals surface area (Å²) >= 11 is 8.48. The number of hydrogen-bond acceptors (Lipinski definition) is 1. The van der Waals surface area contributed by atoms with Gasteiger partial charge in [-0.3, -0.25) is 0 Å². The van der Waals surface area contributed by atoms with E-state index in [4.69, 9.17) is 12.2 Å². The molecule has 0 bridgehead atoms. The Bertz CT molecular complexity index is 622. The number of benzene rings is 1. The van der Waals surface area contributed by atoms with Crippen molar-refractivity contribution in [1.82, 2.24) is 9.55 Å². The van der Waals surface area contributed by atoms with Gasteiger partial charge in [0.15, 0.2) is 4.77 Å². The van der Waals surface area contributed by atoms with Gasteiger partial charge < -0.3 is 9.55 Å². The third kappa shape index (κ3) is 2.60. The van der Waals surface area contributed by atoms with Gasteiger partial charge in [0, 0.05) is 12.6 Å². The molecule has 1 N–H and O–H groups in total. The smallest absolute Gasteiger partial charge is 0.178 e. The summed E-state index contributed by atoms with van der Waals surface area (Å²) in [5.41, 5.74) is 1.78. The SMILES string of the molecule is CC(C)(C)Cn1c(=S)[nH]c2cc(F)c(Br)cc21. The lowest BCUT2D eigenvalue weighted by atomic mass is 9.97. The molecule has 1 aromatic heterocycles. The van der Waals surface area contributed by atoms with Crippen LogP contribution < -0.4 is 0 Å². The fraction of sp³-hybridized carbons (Fsp3) is 0.417. The molecule has 1 heterocycles. The minimum atomic E-state index is -0.281. The van der Waals surface area contributed by atoms with E-state index >= 15 is 0 Å². The van der Waals surface area contributed by atoms with Crippen molar-refractivity contribution in [3.8, 4) is 0 Å². The molecule has 0 fully saturated rings. The Balaban J connectivity index is 2.67. The lowest BCUT2D eigenvalue weighted by molar-refractivity contribution is 0.346. The molecule has 0 aliphatic rings. The number of H-pyrrole nitrogens is 1. The molecule has 1 aromatic carbocycles. The summed E-state index contributed by atoms with van der Waals surface area (Å²) in [7, 11) is 0. The molecule has 5 heteroatoms. The van der Waals surface area contributed by atoms with Crippen LogP contribution in [0.4, 0.5) is 4.39 Å². The summed E-state index contributed by atoms with van der Waals surface area (Å²) in [6.45, 7) is 7.23. The van der Waals surface area contributed by atoms with Crippen molar-refractivity contribution in [2.45, 2.75) is 27.3 Å². The Morgan fingerprint density at radius 3 is 2.65 bits per heavy atom. The van der Waals surface area contributed by atoms with Crippen molar-refractivity contribution < 1.29 is 4.39 Å². The summed E-state index contributed by atoms with van der Waals surface area (Å²) in [6.07, 6.45) is 0. The minimum Gasteiger partial charge on any atom is -0.330 e. The van der Waals surface area contributed by atoms with E-state index in [1.165, 1.54) is 6.07 Å². The zero-order chi connectivity index (χ0) is 12.8. The highest BCUT2D eigenvalue weighted by Gasteiger charge is 2.15. The van der Waals surface area contributed by atoms with Crippen LogP contribution in [-0.4, -0.2) is 9.55 Å². The summed E-state index contributed by atoms with van der Waals surface area (Å²) < 4.78 is 16.5. The number of rotatable bonds is 1. The highest BCUT2D eigenvalue weighted by molar-refractivity contribution is 9.10. The van der Waals surface area contributed by atoms with Gasteiger partial charge in [0.2, 0.25) is 0 Å². The molecular formula is C12H14BrFN2S. The second-order valence-electron chi connectivity index (χ2n) is 5.36. The summed E-state index contributed by atoms with van der Waals surface area (Å²) in [5, 5.41) is 0. The van der Waals surface area contributed by atoms with Gasteiger partial charge in [0.1, 0.15) is 5.82 Å². The molecule has 17 heavy (non-hydrogen) atoms. The fourth-order valence-electron chi connectivity index (χ4n) is 1.78. The number of nitrogens with one attached hydrogen (secondary N) is 1. The third-order valence-electron chi connectivity index (χ3n) is 2.45. The van der Waals surface area contributed by atoms with Crippen LogP contribution in [0.25, 0.3) is 11.0 Å². The maximum absolute atomic E-state index is 13.4. The molecule has 0 saturated carbocycles. The Hall–Kier alpha value is -0.680. The van der Waals surface area contributed by atoms with E-state index in [9.17, 15) is 4.39 Å². The van der Waals surface area contributed by atoms with Gasteiger partial charge in [0.05, 0.1) is 15.5 Å². The van der Waals surface area contributed by atoms with Gasteiger partial charge in [-0.15, -0.1) is 0 Å². The standard InChI is InChI=1S/C12H14BrFN2S/c1-12(2,3)6-16-10-4-7(13)8(14)5-9(10)15-11(16)17/h4-5H,6H2,1-3H3,(H,15,17). The first kappa shape index (κ1) is 12.8. The first-order valence-corrected chi connectivity index (χ1v) is 6.56. The van der Waals surface area contributed by atoms with Gasteiger partial charge in [-0.05, 0) is 39.6 Å². The molecule has 0 radical (unpaired) electrons. The van der Waals surface area contributed by atoms with Gasteiger partial charge in [-0.25, -0.2) is 4.39 Å². The number of fused-ring (bicyclic) bond motifs is 1. The second-order valence-corrected chi connectivity index (χ2v) is 6.60. The lowest BCUT2D eigenvalue weighted by Gasteiger charge is -2.19. The molecule has 2 rings (SSSR count). The van der Waals surface area contributed by atoms with Gasteiger partial charge >= 0.3 is 0 Å². The molecular weight excluding hydrogens is 303 g/mol. The summed E-state index contributed by atoms with van der Waals surface area (Å²) in [5.74, 6) is -0.281. The van der Waals surface area contributed by atoms with Crippen LogP contribution in [0, 0.1) is 16.0 Å². The van der Waals surface area contributed by atoms with Crippen molar-refractivity contribution >= 4 is 39.2 Å². The van der Waals surface area contributed by atoms with Gasteiger partial charge in [-0.2, -0.15) is 0 Å². The average Bonchev–Trinajstić information content (AvgIpc) is 2.43. The molecule has 0 saturated heterocycles. The predicted molar refractivity (Wildman–Crippen MR) is 74.2 cm³/mol. The molecule has 0 spiro atoms. The van der Waals surface area contributed by atoms with E-state index in [0.29, 0.717) is 9.24 Å². The first-order chi connectivity index (χ1) is 7.78. The monoisotopic (exact) mass is 316 g/mol. The number of imidazole rings is 1. The van der Waals surface area contributed by atoms with Crippen LogP contribution in [0.3, 0.4) is 0 Å². The van der Waals surface area contributed by atoms with Crippen LogP contribution >= 0.6 is 28.1 Å². The number of aromatic nitrogens is 2. The van der Waals surface area contributed by atoms with E-state index in [-0.39, 0.29) is 11.2 Å². The molecule has 0 unspecified atom stereocenters. The molecule has 0 atom stereocenters. The second kappa shape index (κ2) is 4.21. The fourth-order valence-corrected chi connectivity index (χ4v) is 2.39. The topological polar surface area (TPSA) is 20.7 Å². The highest BCUT2D eigenvalue weighted by Crippen LogP contribution is 2.26. The van der Waals surface area contributed by atoms with E-state index in [1.807, 2.05) is 4.57 Å². The zero-order valence-electron chi connectivity index (χ0n) is 9.97. The van der Waals surface area contributed by atoms with Crippen LogP contribution in [0.15, 0.2) is 16.6 Å². The van der Waals surface area contributed by atoms with E-state index in [2.05, 4.69) is 41.7 Å². The van der Waals surface area contributed by atoms with Crippen molar-refractivity contribution in [2.24, 2.45) is 5.41 Å². The third-order valence-corrected chi connectivity index (χ3v) is 3.38. The van der Waals surface area contributed by atoms with Crippen molar-refractivity contribution in [3.63, 3.8) is 0 Å². The molecule has 2 nitrogen and oxygen atoms in total. The number of halogens is 2. The Morgan fingerprint density at radius 2 is 2.06 bits per heavy atom. The maximum atomic E-state index is 13.4. The van der Waals surface area contributed by atoms with Crippen LogP contribution in [0.1, 0.15) is 20.8 Å². The Morgan fingerprint density at radius 1 is 1.41 bits per heavy atom. The quantitative estimate of drug-likeness (QED) is 0.760. The minimum absolute atomic E-state index is 0.119. The van der Waals surface area contributed by atoms with Gasteiger partial charge in [-0.1, -0.05) is 20.8 Å². The van der Waals surface area contributed by atoms with E-state index in [1.54, 1.807) is 6.07 Å². The van der Waals surface area contributed by atoms with E-state index in [0.717, 1.165) is 17.6 Å². The largest absolute Gasteiger partial charge is 0.330 e. The summed E-state index contributed by atoms with van der Waals surface area (Å²) in [6, 6.07) is 3.23. The van der Waals surface area contributed by atoms with Gasteiger partial charge in [0.25, 0.3) is 0 Å². The maximum Gasteiger partial charge on any atom is 0.178 e. The molecule has 0 aliphatic carbocycles. The first-order valence-electron chi connectivity index (χ1n) is 5.35. The number of hydrogen-bond donors (Lipinski definition) is 1. The normalized spacial score (nSPS) is 12.3. The number of aromatic amines is 1. The van der Waals surface area contributed by atoms with Crippen molar-refractivity contribution in [2.75, 3.05) is 0 Å². The Labute approximate surface area is 113 Å². The summed E-state index contributed by atoms with van der Waals surface area (Å²) in [4.78, 5) is 3.03. The van der Waals surface area contributed by atoms with Crippen LogP contribution in [0.5, 0.6) is 0 Å². The zero-order valence-corrected chi connectivity index (χ0v) is 12.4. The molecule has 0 amide bonds. The lowest BCUT2D eigenvalue weighted by Crippen LogP contribution is -2.15. The van der Waals surface area contributed by atoms with E-state index < -0.39 is 0 Å². The Kier molecular flexibility index (Phi) is 3.16. The van der Waals surface area contributed by atoms with Crippen LogP contribution in [0.2, 0.25) is 0 Å². The molecule has 0 aliphatic heterocycles. The number of nitrogens with zero attached hydrogens (tertiary/aromatic N) is 1. The van der Waals surface area contributed by atoms with Crippen molar-refractivity contribution in [3.05, 3.63) is 27.2 Å². The molecule has 2 aromatic rings. The van der Waals surface area contributed by atoms with Crippen LogP contribution in [-0.2, 0) is 6.54 Å². The van der Waals surface area contributed by atoms with Crippen molar-refractivity contribution in [1.29, 1.82) is 0 Å². The molecule has 92 valence electrons. The predicted octanol–water partition coefficient (Wildman–Crippen LogP) is 4.65. The average molecular weight is 317 g/mol. The highest BCUT2D eigenvalue weighted by atomic mass is 79.9.